The van der Waals surface area contributed by atoms with Crippen LogP contribution in [0.2, 0.25) is 5.02 Å². The molecule has 2 aromatic rings. The van der Waals surface area contributed by atoms with Crippen LogP contribution in [0, 0.1) is 0 Å². The van der Waals surface area contributed by atoms with Gasteiger partial charge in [0.05, 0.1) is 16.2 Å². The Morgan fingerprint density at radius 2 is 1.93 bits per heavy atom. The average Bonchev–Trinajstić information content (AvgIpc) is 3.11. The smallest absolute Gasteiger partial charge is 0.319 e. The molecule has 152 valence electrons. The van der Waals surface area contributed by atoms with Gasteiger partial charge in [0, 0.05) is 23.9 Å². The lowest BCUT2D eigenvalue weighted by Gasteiger charge is -2.42. The number of halogens is 1. The van der Waals surface area contributed by atoms with Gasteiger partial charge in [0.25, 0.3) is 0 Å². The summed E-state index contributed by atoms with van der Waals surface area (Å²) in [7, 11) is 0. The maximum absolute atomic E-state index is 12.9. The molecule has 3 heterocycles. The van der Waals surface area contributed by atoms with Crippen molar-refractivity contribution in [1.82, 2.24) is 15.8 Å². The van der Waals surface area contributed by atoms with Gasteiger partial charge in [0.2, 0.25) is 5.91 Å². The van der Waals surface area contributed by atoms with Crippen LogP contribution in [0.4, 0.5) is 10.5 Å². The van der Waals surface area contributed by atoms with Crippen molar-refractivity contribution in [1.29, 1.82) is 0 Å². The summed E-state index contributed by atoms with van der Waals surface area (Å²) in [6, 6.07) is 3.07. The van der Waals surface area contributed by atoms with Crippen LogP contribution >= 0.6 is 11.6 Å². The lowest BCUT2D eigenvalue weighted by molar-refractivity contribution is -0.127. The number of hydrogen-bond donors (Lipinski definition) is 3. The van der Waals surface area contributed by atoms with E-state index < -0.39 is 11.4 Å². The quantitative estimate of drug-likeness (QED) is 0.660. The minimum Gasteiger partial charge on any atom is -0.450 e. The fourth-order valence-corrected chi connectivity index (χ4v) is 4.99. The fraction of sp³-hybridized carbons (Fsp3) is 0.450. The van der Waals surface area contributed by atoms with Gasteiger partial charge in [0.1, 0.15) is 5.58 Å². The van der Waals surface area contributed by atoms with Gasteiger partial charge in [-0.3, -0.25) is 15.0 Å². The summed E-state index contributed by atoms with van der Waals surface area (Å²) in [6.45, 7) is 0.433. The van der Waals surface area contributed by atoms with E-state index in [0.29, 0.717) is 41.1 Å². The number of amides is 4. The number of carbonyl (C=O) groups is 3. The molecule has 1 spiro atoms. The average molecular weight is 417 g/mol. The van der Waals surface area contributed by atoms with Crippen LogP contribution in [0.25, 0.3) is 11.0 Å². The summed E-state index contributed by atoms with van der Waals surface area (Å²) in [5.74, 6) is -0.451. The molecule has 1 aliphatic carbocycles. The zero-order valence-electron chi connectivity index (χ0n) is 15.8. The number of hydrogen-bond acceptors (Lipinski definition) is 4. The van der Waals surface area contributed by atoms with Crippen molar-refractivity contribution in [3.8, 4) is 0 Å². The second kappa shape index (κ2) is 6.66. The third-order valence-corrected chi connectivity index (χ3v) is 6.34. The number of fused-ring (bicyclic) bond motifs is 4. The van der Waals surface area contributed by atoms with Crippen LogP contribution in [-0.2, 0) is 10.3 Å². The van der Waals surface area contributed by atoms with Gasteiger partial charge in [-0.05, 0) is 31.4 Å². The first-order valence-electron chi connectivity index (χ1n) is 9.94. The number of benzene rings is 1. The first kappa shape index (κ1) is 18.3. The van der Waals surface area contributed by atoms with Gasteiger partial charge in [-0.1, -0.05) is 30.9 Å². The van der Waals surface area contributed by atoms with E-state index in [-0.39, 0.29) is 17.7 Å². The number of carbonyl (C=O) groups excluding carboxylic acids is 3. The second-order valence-electron chi connectivity index (χ2n) is 7.95. The van der Waals surface area contributed by atoms with E-state index in [2.05, 4.69) is 16.1 Å². The minimum absolute atomic E-state index is 0.134. The van der Waals surface area contributed by atoms with Gasteiger partial charge in [-0.15, -0.1) is 0 Å². The summed E-state index contributed by atoms with van der Waals surface area (Å²) >= 11 is 6.51. The Morgan fingerprint density at radius 1 is 1.14 bits per heavy atom. The molecule has 0 unspecified atom stereocenters. The highest BCUT2D eigenvalue weighted by Crippen LogP contribution is 2.49. The summed E-state index contributed by atoms with van der Waals surface area (Å²) in [6.07, 6.45) is 5.67. The number of nitrogens with zero attached hydrogens (tertiary/aromatic N) is 1. The van der Waals surface area contributed by atoms with Crippen molar-refractivity contribution < 1.29 is 18.8 Å². The van der Waals surface area contributed by atoms with E-state index in [1.807, 2.05) is 0 Å². The first-order valence-corrected chi connectivity index (χ1v) is 10.3. The van der Waals surface area contributed by atoms with Crippen LogP contribution in [-0.4, -0.2) is 29.4 Å². The molecule has 1 aromatic carbocycles. The zero-order valence-corrected chi connectivity index (χ0v) is 16.5. The van der Waals surface area contributed by atoms with Crippen LogP contribution in [0.15, 0.2) is 16.5 Å². The van der Waals surface area contributed by atoms with Crippen molar-refractivity contribution in [3.05, 3.63) is 28.5 Å². The number of nitrogens with one attached hydrogen (secondary N) is 3. The predicted molar refractivity (Wildman–Crippen MR) is 107 cm³/mol. The van der Waals surface area contributed by atoms with Gasteiger partial charge in [-0.25, -0.2) is 9.80 Å². The molecule has 1 aromatic heterocycles. The Morgan fingerprint density at radius 3 is 2.69 bits per heavy atom. The van der Waals surface area contributed by atoms with Crippen molar-refractivity contribution in [2.45, 2.75) is 50.5 Å². The first-order chi connectivity index (χ1) is 14.0. The van der Waals surface area contributed by atoms with E-state index in [1.165, 1.54) is 5.01 Å². The maximum atomic E-state index is 12.9. The summed E-state index contributed by atoms with van der Waals surface area (Å²) in [5, 5.41) is 8.30. The molecule has 0 radical (unpaired) electrons. The number of furan rings is 1. The van der Waals surface area contributed by atoms with Crippen LogP contribution < -0.4 is 16.1 Å². The molecular weight excluding hydrogens is 396 g/mol. The minimum atomic E-state index is -0.559. The molecule has 2 aliphatic heterocycles. The van der Waals surface area contributed by atoms with Gasteiger partial charge in [-0.2, -0.15) is 0 Å². The SMILES string of the molecule is O=C1CCCN(C(=O)c2cc3cc(Cl)c4c(c3o2)C2(CCCCC2)NC(=O)N4)N1. The monoisotopic (exact) mass is 416 g/mol. The standard InChI is InChI=1S/C20H21ClN4O4/c21-12-9-11-10-13(18(27)25-8-4-5-14(26)24-25)29-17(11)15-16(12)22-19(28)23-20(15)6-2-1-3-7-20/h9-10H,1-8H2,(H,24,26)(H2,22,23,28). The summed E-state index contributed by atoms with van der Waals surface area (Å²) in [5.41, 5.74) is 3.92. The molecule has 3 aliphatic rings. The second-order valence-corrected chi connectivity index (χ2v) is 8.36. The topological polar surface area (TPSA) is 104 Å². The Kier molecular flexibility index (Phi) is 4.20. The summed E-state index contributed by atoms with van der Waals surface area (Å²) < 4.78 is 6.04. The molecule has 2 fully saturated rings. The Labute approximate surface area is 171 Å². The largest absolute Gasteiger partial charge is 0.450 e. The van der Waals surface area contributed by atoms with Crippen molar-refractivity contribution in [3.63, 3.8) is 0 Å². The molecule has 4 amide bonds. The van der Waals surface area contributed by atoms with Gasteiger partial charge >= 0.3 is 11.9 Å². The molecular formula is C20H21ClN4O4. The molecule has 3 N–H and O–H groups in total. The van der Waals surface area contributed by atoms with Crippen LogP contribution in [0.3, 0.4) is 0 Å². The molecule has 1 saturated carbocycles. The number of anilines is 1. The Balaban J connectivity index is 1.63. The Hall–Kier alpha value is -2.74. The van der Waals surface area contributed by atoms with Gasteiger partial charge in [0.15, 0.2) is 5.76 Å². The molecule has 8 nitrogen and oxygen atoms in total. The third kappa shape index (κ3) is 2.93. The fourth-order valence-electron chi connectivity index (χ4n) is 4.73. The molecule has 0 atom stereocenters. The predicted octanol–water partition coefficient (Wildman–Crippen LogP) is 3.65. The molecule has 29 heavy (non-hydrogen) atoms. The van der Waals surface area contributed by atoms with Crippen LogP contribution in [0.5, 0.6) is 0 Å². The number of hydrazine groups is 1. The molecule has 9 heteroatoms. The lowest BCUT2D eigenvalue weighted by atomic mass is 9.74. The van der Waals surface area contributed by atoms with Crippen molar-refractivity contribution in [2.75, 3.05) is 11.9 Å². The van der Waals surface area contributed by atoms with Gasteiger partial charge < -0.3 is 15.1 Å². The maximum Gasteiger partial charge on any atom is 0.319 e. The van der Waals surface area contributed by atoms with E-state index in [0.717, 1.165) is 37.7 Å². The van der Waals surface area contributed by atoms with Crippen molar-refractivity contribution >= 4 is 46.1 Å². The molecule has 0 bridgehead atoms. The molecule has 1 saturated heterocycles. The third-order valence-electron chi connectivity index (χ3n) is 6.04. The van der Waals surface area contributed by atoms with E-state index in [4.69, 9.17) is 16.0 Å². The highest BCUT2D eigenvalue weighted by Gasteiger charge is 2.44. The van der Waals surface area contributed by atoms with E-state index in [1.54, 1.807) is 12.1 Å². The van der Waals surface area contributed by atoms with Crippen molar-refractivity contribution in [2.24, 2.45) is 0 Å². The van der Waals surface area contributed by atoms with E-state index in [9.17, 15) is 14.4 Å². The normalized spacial score (nSPS) is 20.8. The van der Waals surface area contributed by atoms with E-state index >= 15 is 0 Å². The lowest BCUT2D eigenvalue weighted by Crippen LogP contribution is -2.52. The highest BCUT2D eigenvalue weighted by molar-refractivity contribution is 6.35. The summed E-state index contributed by atoms with van der Waals surface area (Å²) in [4.78, 5) is 36.9. The van der Waals surface area contributed by atoms with Crippen LogP contribution in [0.1, 0.15) is 61.1 Å². The highest BCUT2D eigenvalue weighted by atomic mass is 35.5. The molecule has 5 rings (SSSR count). The Bertz CT molecular complexity index is 1040. The number of urea groups is 1. The zero-order chi connectivity index (χ0) is 20.2. The number of rotatable bonds is 1.